The van der Waals surface area contributed by atoms with Crippen LogP contribution in [-0.2, 0) is 4.74 Å². The fourth-order valence-corrected chi connectivity index (χ4v) is 3.88. The summed E-state index contributed by atoms with van der Waals surface area (Å²) in [6, 6.07) is 5.88. The zero-order valence-electron chi connectivity index (χ0n) is 14.3. The van der Waals surface area contributed by atoms with Crippen molar-refractivity contribution >= 4 is 16.9 Å². The number of hydrogen-bond donors (Lipinski definition) is 0. The fraction of sp³-hybridized carbons (Fsp3) is 0.526. The van der Waals surface area contributed by atoms with Gasteiger partial charge in [-0.3, -0.25) is 4.79 Å². The molecule has 1 aliphatic heterocycles. The summed E-state index contributed by atoms with van der Waals surface area (Å²) in [5, 5.41) is 0. The average molecular weight is 325 g/mol. The first-order valence-electron chi connectivity index (χ1n) is 8.81. The molecule has 1 saturated heterocycles. The molecule has 2 aromatic rings. The van der Waals surface area contributed by atoms with Gasteiger partial charge >= 0.3 is 0 Å². The highest BCUT2D eigenvalue weighted by molar-refractivity contribution is 5.97. The van der Waals surface area contributed by atoms with Gasteiger partial charge in [0.15, 0.2) is 0 Å². The van der Waals surface area contributed by atoms with Gasteiger partial charge in [-0.05, 0) is 44.9 Å². The third-order valence-electron chi connectivity index (χ3n) is 5.32. The Kier molecular flexibility index (Phi) is 3.96. The number of rotatable bonds is 1. The van der Waals surface area contributed by atoms with Crippen molar-refractivity contribution in [2.45, 2.75) is 51.7 Å². The van der Waals surface area contributed by atoms with Gasteiger partial charge in [0.2, 0.25) is 0 Å². The minimum Gasteiger partial charge on any atom is -0.374 e. The molecule has 126 valence electrons. The summed E-state index contributed by atoms with van der Waals surface area (Å²) in [6.07, 6.45) is 4.70. The van der Waals surface area contributed by atoms with E-state index < -0.39 is 0 Å². The van der Waals surface area contributed by atoms with E-state index in [4.69, 9.17) is 4.74 Å². The monoisotopic (exact) mass is 325 g/mol. The van der Waals surface area contributed by atoms with Gasteiger partial charge in [-0.1, -0.05) is 12.8 Å². The molecule has 5 heteroatoms. The number of aromatic nitrogens is 2. The Balaban J connectivity index is 1.66. The average Bonchev–Trinajstić information content (AvgIpc) is 2.61. The Labute approximate surface area is 142 Å². The molecular formula is C19H23N3O2. The van der Waals surface area contributed by atoms with Crippen LogP contribution < -0.4 is 0 Å². The number of fused-ring (bicyclic) bond motifs is 2. The van der Waals surface area contributed by atoms with E-state index >= 15 is 0 Å². The zero-order valence-corrected chi connectivity index (χ0v) is 14.3. The number of nitrogens with zero attached hydrogens (tertiary/aromatic N) is 3. The number of hydrogen-bond acceptors (Lipinski definition) is 4. The smallest absolute Gasteiger partial charge is 0.254 e. The molecule has 2 aliphatic rings. The van der Waals surface area contributed by atoms with E-state index in [0.717, 1.165) is 35.3 Å². The van der Waals surface area contributed by atoms with Crippen LogP contribution in [0.15, 0.2) is 18.2 Å². The lowest BCUT2D eigenvalue weighted by molar-refractivity contribution is -0.0752. The lowest BCUT2D eigenvalue weighted by Crippen LogP contribution is -2.54. The molecule has 2 unspecified atom stereocenters. The van der Waals surface area contributed by atoms with Crippen LogP contribution in [0.3, 0.4) is 0 Å². The number of benzene rings is 1. The minimum atomic E-state index is 0.0946. The van der Waals surface area contributed by atoms with Crippen molar-refractivity contribution in [3.05, 3.63) is 35.2 Å². The molecule has 2 atom stereocenters. The van der Waals surface area contributed by atoms with Crippen LogP contribution in [0.25, 0.3) is 11.0 Å². The highest BCUT2D eigenvalue weighted by Gasteiger charge is 2.36. The van der Waals surface area contributed by atoms with E-state index in [1.807, 2.05) is 36.9 Å². The topological polar surface area (TPSA) is 55.3 Å². The third kappa shape index (κ3) is 2.67. The molecule has 1 aromatic carbocycles. The molecule has 0 bridgehead atoms. The van der Waals surface area contributed by atoms with Crippen LogP contribution >= 0.6 is 0 Å². The van der Waals surface area contributed by atoms with Crippen LogP contribution in [-0.4, -0.2) is 46.1 Å². The summed E-state index contributed by atoms with van der Waals surface area (Å²) < 4.78 is 5.88. The molecule has 5 nitrogen and oxygen atoms in total. The van der Waals surface area contributed by atoms with Crippen molar-refractivity contribution in [1.29, 1.82) is 0 Å². The maximum Gasteiger partial charge on any atom is 0.254 e. The molecule has 2 fully saturated rings. The predicted octanol–water partition coefficient (Wildman–Crippen LogP) is 3.03. The SMILES string of the molecule is Cc1nc2ccc(C(=O)N3CCOC4CCCCC43)cc2nc1C. The maximum atomic E-state index is 13.1. The molecule has 0 N–H and O–H groups in total. The van der Waals surface area contributed by atoms with Crippen molar-refractivity contribution in [1.82, 2.24) is 14.9 Å². The van der Waals surface area contributed by atoms with E-state index in [0.29, 0.717) is 18.7 Å². The van der Waals surface area contributed by atoms with Gasteiger partial charge in [0.25, 0.3) is 5.91 Å². The van der Waals surface area contributed by atoms with Crippen LogP contribution in [0, 0.1) is 13.8 Å². The first kappa shape index (κ1) is 15.5. The summed E-state index contributed by atoms with van der Waals surface area (Å²) in [6.45, 7) is 5.22. The second kappa shape index (κ2) is 6.13. The molecular weight excluding hydrogens is 302 g/mol. The van der Waals surface area contributed by atoms with Gasteiger partial charge in [0.05, 0.1) is 41.2 Å². The van der Waals surface area contributed by atoms with Crippen molar-refractivity contribution in [3.8, 4) is 0 Å². The Morgan fingerprint density at radius 3 is 2.71 bits per heavy atom. The van der Waals surface area contributed by atoms with Crippen LogP contribution in [0.2, 0.25) is 0 Å². The minimum absolute atomic E-state index is 0.0946. The molecule has 1 saturated carbocycles. The van der Waals surface area contributed by atoms with Gasteiger partial charge < -0.3 is 9.64 Å². The van der Waals surface area contributed by atoms with Gasteiger partial charge in [-0.15, -0.1) is 0 Å². The van der Waals surface area contributed by atoms with Crippen LogP contribution in [0.5, 0.6) is 0 Å². The lowest BCUT2D eigenvalue weighted by atomic mass is 9.89. The molecule has 0 spiro atoms. The van der Waals surface area contributed by atoms with Gasteiger partial charge in [-0.2, -0.15) is 0 Å². The van der Waals surface area contributed by atoms with Crippen molar-refractivity contribution in [2.24, 2.45) is 0 Å². The number of ether oxygens (including phenoxy) is 1. The largest absolute Gasteiger partial charge is 0.374 e. The third-order valence-corrected chi connectivity index (χ3v) is 5.32. The number of carbonyl (C=O) groups excluding carboxylic acids is 1. The summed E-state index contributed by atoms with van der Waals surface area (Å²) in [5.74, 6) is 0.0946. The molecule has 1 aromatic heterocycles. The summed E-state index contributed by atoms with van der Waals surface area (Å²) >= 11 is 0. The molecule has 0 radical (unpaired) electrons. The Hall–Kier alpha value is -2.01. The van der Waals surface area contributed by atoms with Gasteiger partial charge in [-0.25, -0.2) is 9.97 Å². The number of morpholine rings is 1. The summed E-state index contributed by atoms with van der Waals surface area (Å²) in [4.78, 5) is 24.2. The first-order valence-corrected chi connectivity index (χ1v) is 8.81. The Bertz CT molecular complexity index is 788. The van der Waals surface area contributed by atoms with Crippen LogP contribution in [0.1, 0.15) is 47.4 Å². The molecule has 24 heavy (non-hydrogen) atoms. The van der Waals surface area contributed by atoms with Crippen LogP contribution in [0.4, 0.5) is 0 Å². The van der Waals surface area contributed by atoms with Crippen molar-refractivity contribution < 1.29 is 9.53 Å². The lowest BCUT2D eigenvalue weighted by Gasteiger charge is -2.43. The normalized spacial score (nSPS) is 24.0. The molecule has 1 aliphatic carbocycles. The Morgan fingerprint density at radius 2 is 1.88 bits per heavy atom. The quantitative estimate of drug-likeness (QED) is 0.809. The standard InChI is InChI=1S/C19H23N3O2/c1-12-13(2)21-16-11-14(7-8-15(16)20-12)19(23)22-9-10-24-18-6-4-3-5-17(18)22/h7-8,11,17-18H,3-6,9-10H2,1-2H3. The van der Waals surface area contributed by atoms with Crippen molar-refractivity contribution in [2.75, 3.05) is 13.2 Å². The Morgan fingerprint density at radius 1 is 1.12 bits per heavy atom. The summed E-state index contributed by atoms with van der Waals surface area (Å²) in [5.41, 5.74) is 4.17. The van der Waals surface area contributed by atoms with Gasteiger partial charge in [0, 0.05) is 12.1 Å². The number of aryl methyl sites for hydroxylation is 2. The van der Waals surface area contributed by atoms with E-state index in [1.165, 1.54) is 12.8 Å². The summed E-state index contributed by atoms with van der Waals surface area (Å²) in [7, 11) is 0. The second-order valence-corrected chi connectivity index (χ2v) is 6.86. The molecule has 4 rings (SSSR count). The molecule has 1 amide bonds. The maximum absolute atomic E-state index is 13.1. The van der Waals surface area contributed by atoms with E-state index in [9.17, 15) is 4.79 Å². The van der Waals surface area contributed by atoms with E-state index in [-0.39, 0.29) is 18.1 Å². The highest BCUT2D eigenvalue weighted by Crippen LogP contribution is 2.29. The zero-order chi connectivity index (χ0) is 16.7. The number of carbonyl (C=O) groups is 1. The fourth-order valence-electron chi connectivity index (χ4n) is 3.88. The van der Waals surface area contributed by atoms with Gasteiger partial charge in [0.1, 0.15) is 0 Å². The van der Waals surface area contributed by atoms with Crippen molar-refractivity contribution in [3.63, 3.8) is 0 Å². The second-order valence-electron chi connectivity index (χ2n) is 6.86. The highest BCUT2D eigenvalue weighted by atomic mass is 16.5. The predicted molar refractivity (Wildman–Crippen MR) is 92.0 cm³/mol. The van der Waals surface area contributed by atoms with E-state index in [1.54, 1.807) is 0 Å². The molecule has 2 heterocycles. The number of amides is 1. The van der Waals surface area contributed by atoms with E-state index in [2.05, 4.69) is 9.97 Å². The first-order chi connectivity index (χ1) is 11.6.